The molecule has 0 aromatic rings. The van der Waals surface area contributed by atoms with E-state index in [1.165, 1.54) is 6.42 Å². The topological polar surface area (TPSA) is 43.4 Å². The Labute approximate surface area is 100 Å². The normalized spacial score (nSPS) is 39.8. The minimum atomic E-state index is -1.02. The molecule has 2 aliphatic carbocycles. The van der Waals surface area contributed by atoms with Gasteiger partial charge in [-0.15, -0.1) is 0 Å². The molecule has 0 aromatic heterocycles. The summed E-state index contributed by atoms with van der Waals surface area (Å²) in [6, 6.07) is 0. The molecule has 3 nitrogen and oxygen atoms in total. The number of carbonyl (C=O) groups is 2. The minimum absolute atomic E-state index is 0.0142. The molecule has 3 atom stereocenters. The smallest absolute Gasteiger partial charge is 0.391 e. The Kier molecular flexibility index (Phi) is 2.57. The Balaban J connectivity index is 2.16. The van der Waals surface area contributed by atoms with Crippen LogP contribution in [0, 0.1) is 16.7 Å². The lowest BCUT2D eigenvalue weighted by atomic mass is 9.70. The van der Waals surface area contributed by atoms with Crippen LogP contribution in [0.3, 0.4) is 0 Å². The highest BCUT2D eigenvalue weighted by molar-refractivity contribution is 6.80. The van der Waals surface area contributed by atoms with Crippen molar-refractivity contribution in [2.75, 3.05) is 0 Å². The highest BCUT2D eigenvalue weighted by atomic mass is 35.5. The van der Waals surface area contributed by atoms with E-state index in [1.54, 1.807) is 0 Å². The molecular weight excluding hydrogens is 228 g/mol. The van der Waals surface area contributed by atoms with Gasteiger partial charge in [-0.25, -0.2) is 4.79 Å². The van der Waals surface area contributed by atoms with Gasteiger partial charge in [-0.3, -0.25) is 4.79 Å². The van der Waals surface area contributed by atoms with Crippen LogP contribution in [0.4, 0.5) is 0 Å². The molecule has 0 radical (unpaired) electrons. The Bertz CT molecular complexity index is 350. The summed E-state index contributed by atoms with van der Waals surface area (Å²) in [6.45, 7) is 6.60. The van der Waals surface area contributed by atoms with Gasteiger partial charge in [0, 0.05) is 5.41 Å². The number of hydrogen-bond donors (Lipinski definition) is 0. The number of rotatable bonds is 2. The van der Waals surface area contributed by atoms with Crippen LogP contribution in [0.25, 0.3) is 0 Å². The van der Waals surface area contributed by atoms with Crippen LogP contribution in [-0.4, -0.2) is 17.3 Å². The van der Waals surface area contributed by atoms with Gasteiger partial charge in [-0.2, -0.15) is 0 Å². The Morgan fingerprint density at radius 3 is 2.31 bits per heavy atom. The van der Waals surface area contributed by atoms with Gasteiger partial charge in [0.2, 0.25) is 0 Å². The van der Waals surface area contributed by atoms with Gasteiger partial charge >= 0.3 is 11.2 Å². The third-order valence-electron chi connectivity index (χ3n) is 5.12. The second kappa shape index (κ2) is 3.46. The molecule has 2 fully saturated rings. The molecule has 2 saturated carbocycles. The Morgan fingerprint density at radius 2 is 1.94 bits per heavy atom. The van der Waals surface area contributed by atoms with Gasteiger partial charge in [0.1, 0.15) is 6.10 Å². The predicted octanol–water partition coefficient (Wildman–Crippen LogP) is 2.51. The Hall–Kier alpha value is -0.570. The molecule has 4 heteroatoms. The van der Waals surface area contributed by atoms with E-state index in [1.807, 2.05) is 0 Å². The molecule has 2 rings (SSSR count). The minimum Gasteiger partial charge on any atom is -0.455 e. The Morgan fingerprint density at radius 1 is 1.31 bits per heavy atom. The highest BCUT2D eigenvalue weighted by Crippen LogP contribution is 2.66. The van der Waals surface area contributed by atoms with Gasteiger partial charge < -0.3 is 4.74 Å². The van der Waals surface area contributed by atoms with Crippen molar-refractivity contribution in [2.45, 2.75) is 46.1 Å². The third-order valence-corrected chi connectivity index (χ3v) is 5.28. The van der Waals surface area contributed by atoms with Gasteiger partial charge in [0.25, 0.3) is 0 Å². The molecule has 90 valence electrons. The maximum Gasteiger partial charge on any atom is 0.391 e. The third kappa shape index (κ3) is 1.41. The largest absolute Gasteiger partial charge is 0.455 e. The van der Waals surface area contributed by atoms with Gasteiger partial charge in [-0.05, 0) is 42.2 Å². The van der Waals surface area contributed by atoms with Gasteiger partial charge in [0.05, 0.1) is 0 Å². The molecule has 0 aliphatic heterocycles. The van der Waals surface area contributed by atoms with Crippen LogP contribution in [0.15, 0.2) is 0 Å². The van der Waals surface area contributed by atoms with E-state index in [4.69, 9.17) is 16.3 Å². The summed E-state index contributed by atoms with van der Waals surface area (Å²) in [5.74, 6) is -0.322. The zero-order valence-electron chi connectivity index (χ0n) is 9.88. The van der Waals surface area contributed by atoms with Crippen LogP contribution in [0.2, 0.25) is 0 Å². The first kappa shape index (κ1) is 11.9. The summed E-state index contributed by atoms with van der Waals surface area (Å²) < 4.78 is 5.22. The molecule has 16 heavy (non-hydrogen) atoms. The van der Waals surface area contributed by atoms with Crippen LogP contribution in [-0.2, 0) is 14.3 Å². The van der Waals surface area contributed by atoms with Crippen molar-refractivity contribution in [3.63, 3.8) is 0 Å². The number of esters is 1. The van der Waals surface area contributed by atoms with E-state index >= 15 is 0 Å². The van der Waals surface area contributed by atoms with E-state index in [0.717, 1.165) is 12.8 Å². The number of carbonyl (C=O) groups excluding carboxylic acids is 2. The first-order valence-electron chi connectivity index (χ1n) is 5.69. The fourth-order valence-corrected chi connectivity index (χ4v) is 3.53. The zero-order chi connectivity index (χ0) is 12.1. The van der Waals surface area contributed by atoms with E-state index in [0.29, 0.717) is 5.92 Å². The van der Waals surface area contributed by atoms with Gasteiger partial charge in [-0.1, -0.05) is 20.8 Å². The molecule has 0 N–H and O–H groups in total. The second-order valence-electron chi connectivity index (χ2n) is 5.78. The van der Waals surface area contributed by atoms with Crippen molar-refractivity contribution in [3.8, 4) is 0 Å². The van der Waals surface area contributed by atoms with Crippen LogP contribution < -0.4 is 0 Å². The molecular formula is C12H17ClO3. The zero-order valence-corrected chi connectivity index (χ0v) is 10.6. The number of hydrogen-bond acceptors (Lipinski definition) is 3. The van der Waals surface area contributed by atoms with Crippen LogP contribution in [0.1, 0.15) is 40.0 Å². The van der Waals surface area contributed by atoms with Crippen LogP contribution >= 0.6 is 11.6 Å². The monoisotopic (exact) mass is 244 g/mol. The van der Waals surface area contributed by atoms with E-state index in [2.05, 4.69) is 20.8 Å². The summed E-state index contributed by atoms with van der Waals surface area (Å²) in [6.07, 6.45) is 2.95. The summed E-state index contributed by atoms with van der Waals surface area (Å²) in [5, 5.41) is -1.02. The molecule has 2 aliphatic rings. The molecule has 0 aromatic carbocycles. The summed E-state index contributed by atoms with van der Waals surface area (Å²) >= 11 is 5.11. The maximum absolute atomic E-state index is 11.2. The summed E-state index contributed by atoms with van der Waals surface area (Å²) in [5.41, 5.74) is 0.160. The lowest BCUT2D eigenvalue weighted by molar-refractivity contribution is -0.160. The molecule has 0 amide bonds. The SMILES string of the molecule is CC1(C)C2CCC1(C)C(OC(=O)C(=O)Cl)C2. The first-order valence-corrected chi connectivity index (χ1v) is 6.07. The van der Waals surface area contributed by atoms with Gasteiger partial charge in [0.15, 0.2) is 0 Å². The van der Waals surface area contributed by atoms with Crippen molar-refractivity contribution in [3.05, 3.63) is 0 Å². The van der Waals surface area contributed by atoms with E-state index < -0.39 is 11.2 Å². The average molecular weight is 245 g/mol. The number of ether oxygens (including phenoxy) is 1. The molecule has 3 unspecified atom stereocenters. The number of fused-ring (bicyclic) bond motifs is 2. The molecule has 0 heterocycles. The maximum atomic E-state index is 11.2. The van der Waals surface area contributed by atoms with E-state index in [9.17, 15) is 9.59 Å². The highest BCUT2D eigenvalue weighted by Gasteiger charge is 2.63. The fraction of sp³-hybridized carbons (Fsp3) is 0.833. The standard InChI is InChI=1S/C12H17ClO3/c1-11(2)7-4-5-12(11,3)8(6-7)16-10(15)9(13)14/h7-8H,4-6H2,1-3H3. The summed E-state index contributed by atoms with van der Waals surface area (Å²) in [4.78, 5) is 21.9. The van der Waals surface area contributed by atoms with E-state index in [-0.39, 0.29) is 16.9 Å². The number of halogens is 1. The first-order chi connectivity index (χ1) is 7.29. The average Bonchev–Trinajstić information content (AvgIpc) is 2.50. The van der Waals surface area contributed by atoms with Crippen molar-refractivity contribution < 1.29 is 14.3 Å². The van der Waals surface area contributed by atoms with Crippen molar-refractivity contribution in [1.29, 1.82) is 0 Å². The quantitative estimate of drug-likeness (QED) is 0.426. The lowest BCUT2D eigenvalue weighted by Gasteiger charge is -2.38. The van der Waals surface area contributed by atoms with Crippen molar-refractivity contribution >= 4 is 22.8 Å². The second-order valence-corrected chi connectivity index (χ2v) is 6.12. The predicted molar refractivity (Wildman–Crippen MR) is 60.0 cm³/mol. The molecule has 2 bridgehead atoms. The lowest BCUT2D eigenvalue weighted by Crippen LogP contribution is -2.39. The summed E-state index contributed by atoms with van der Waals surface area (Å²) in [7, 11) is 0. The van der Waals surface area contributed by atoms with Crippen molar-refractivity contribution in [2.24, 2.45) is 16.7 Å². The van der Waals surface area contributed by atoms with Crippen molar-refractivity contribution in [1.82, 2.24) is 0 Å². The molecule has 0 saturated heterocycles. The van der Waals surface area contributed by atoms with Crippen LogP contribution in [0.5, 0.6) is 0 Å². The molecule has 0 spiro atoms. The fourth-order valence-electron chi connectivity index (χ4n) is 3.48.